The molecule has 37 heavy (non-hydrogen) atoms. The van der Waals surface area contributed by atoms with Gasteiger partial charge >= 0.3 is 12.1 Å². The number of benzene rings is 1. The van der Waals surface area contributed by atoms with Crippen molar-refractivity contribution < 1.29 is 28.0 Å². The molecule has 1 spiro atoms. The molecule has 9 nitrogen and oxygen atoms in total. The largest absolute Gasteiger partial charge is 0.339 e. The van der Waals surface area contributed by atoms with E-state index in [-0.39, 0.29) is 31.2 Å². The van der Waals surface area contributed by atoms with E-state index in [0.717, 1.165) is 17.4 Å². The van der Waals surface area contributed by atoms with Gasteiger partial charge in [0.15, 0.2) is 0 Å². The van der Waals surface area contributed by atoms with Crippen molar-refractivity contribution in [3.05, 3.63) is 41.2 Å². The molecule has 2 aliphatic heterocycles. The van der Waals surface area contributed by atoms with Gasteiger partial charge in [-0.2, -0.15) is 8.78 Å². The summed E-state index contributed by atoms with van der Waals surface area (Å²) in [6, 6.07) is 4.84. The maximum absolute atomic E-state index is 13.9. The lowest BCUT2D eigenvalue weighted by Crippen LogP contribution is -2.56. The summed E-state index contributed by atoms with van der Waals surface area (Å²) in [4.78, 5) is 58.1. The quantitative estimate of drug-likeness (QED) is 0.518. The molecule has 11 heteroatoms. The van der Waals surface area contributed by atoms with Crippen molar-refractivity contribution in [1.29, 1.82) is 0 Å². The molecule has 4 amide bonds. The predicted octanol–water partition coefficient (Wildman–Crippen LogP) is 2.78. The van der Waals surface area contributed by atoms with E-state index in [1.54, 1.807) is 24.3 Å². The zero-order valence-corrected chi connectivity index (χ0v) is 21.7. The van der Waals surface area contributed by atoms with Crippen molar-refractivity contribution in [3.63, 3.8) is 0 Å². The Kier molecular flexibility index (Phi) is 7.91. The van der Waals surface area contributed by atoms with Gasteiger partial charge in [0.05, 0.1) is 6.42 Å². The van der Waals surface area contributed by atoms with Crippen LogP contribution in [0.3, 0.4) is 0 Å². The van der Waals surface area contributed by atoms with E-state index in [2.05, 4.69) is 10.2 Å². The zero-order chi connectivity index (χ0) is 27.7. The number of halogens is 2. The second-order valence-corrected chi connectivity index (χ2v) is 10.2. The lowest BCUT2D eigenvalue weighted by atomic mass is 9.80. The highest BCUT2D eigenvalue weighted by atomic mass is 19.3. The van der Waals surface area contributed by atoms with Crippen LogP contribution in [-0.4, -0.2) is 71.2 Å². The average Bonchev–Trinajstić information content (AvgIpc) is 3.39. The van der Waals surface area contributed by atoms with Crippen LogP contribution < -0.4 is 10.6 Å². The fourth-order valence-corrected chi connectivity index (χ4v) is 5.00. The number of likely N-dealkylation sites (tertiary alicyclic amines) is 1. The van der Waals surface area contributed by atoms with Crippen LogP contribution in [0.2, 0.25) is 0 Å². The van der Waals surface area contributed by atoms with Crippen LogP contribution in [0.1, 0.15) is 52.5 Å². The molecule has 4 atom stereocenters. The van der Waals surface area contributed by atoms with Crippen molar-refractivity contribution in [1.82, 2.24) is 15.1 Å². The molecule has 2 heterocycles. The SMILES string of the molecule is [C-]#[N+][C@@H]1C[C@@]2(CN1C(=O)[C@H](CC(C)C)N(C)C(=O)[C@H](C)NC(=O)C(F)(F)CC)C(=O)Nc1ccccc12. The van der Waals surface area contributed by atoms with Gasteiger partial charge in [-0.05, 0) is 30.9 Å². The second-order valence-electron chi connectivity index (χ2n) is 10.2. The normalized spacial score (nSPS) is 22.3. The fraction of sp³-hybridized carbons (Fsp3) is 0.577. The lowest BCUT2D eigenvalue weighted by molar-refractivity contribution is -0.151. The fourth-order valence-electron chi connectivity index (χ4n) is 5.00. The molecule has 200 valence electrons. The zero-order valence-electron chi connectivity index (χ0n) is 21.7. The van der Waals surface area contributed by atoms with E-state index in [4.69, 9.17) is 6.57 Å². The Morgan fingerprint density at radius 1 is 1.30 bits per heavy atom. The molecule has 1 aromatic rings. The van der Waals surface area contributed by atoms with Gasteiger partial charge < -0.3 is 15.5 Å². The molecule has 0 aromatic heterocycles. The monoisotopic (exact) mass is 517 g/mol. The smallest absolute Gasteiger partial charge is 0.324 e. The Morgan fingerprint density at radius 3 is 2.54 bits per heavy atom. The first-order chi connectivity index (χ1) is 17.3. The van der Waals surface area contributed by atoms with Gasteiger partial charge in [0.1, 0.15) is 17.5 Å². The molecule has 1 aromatic carbocycles. The van der Waals surface area contributed by atoms with Gasteiger partial charge in [0.25, 0.3) is 11.8 Å². The molecule has 3 rings (SSSR count). The van der Waals surface area contributed by atoms with E-state index in [1.165, 1.54) is 18.9 Å². The first-order valence-corrected chi connectivity index (χ1v) is 12.3. The first-order valence-electron chi connectivity index (χ1n) is 12.3. The molecular weight excluding hydrogens is 484 g/mol. The van der Waals surface area contributed by atoms with Crippen LogP contribution in [0.25, 0.3) is 4.85 Å². The number of nitrogens with one attached hydrogen (secondary N) is 2. The molecular formula is C26H33F2N5O4. The van der Waals surface area contributed by atoms with Crippen LogP contribution in [0.5, 0.6) is 0 Å². The molecule has 1 fully saturated rings. The number of anilines is 1. The topological polar surface area (TPSA) is 103 Å². The minimum absolute atomic E-state index is 0.0205. The van der Waals surface area contributed by atoms with Gasteiger partial charge in [-0.25, -0.2) is 6.57 Å². The molecule has 0 bridgehead atoms. The minimum Gasteiger partial charge on any atom is -0.339 e. The molecule has 2 N–H and O–H groups in total. The third-order valence-electron chi connectivity index (χ3n) is 7.18. The number of carbonyl (C=O) groups excluding carboxylic acids is 4. The number of amides is 4. The number of para-hydroxylation sites is 1. The molecule has 2 aliphatic rings. The van der Waals surface area contributed by atoms with Crippen molar-refractivity contribution in [3.8, 4) is 0 Å². The number of hydrogen-bond acceptors (Lipinski definition) is 4. The summed E-state index contributed by atoms with van der Waals surface area (Å²) in [6.07, 6.45) is -1.27. The summed E-state index contributed by atoms with van der Waals surface area (Å²) in [7, 11) is 1.38. The second kappa shape index (κ2) is 10.4. The van der Waals surface area contributed by atoms with E-state index >= 15 is 0 Å². The molecule has 0 radical (unpaired) electrons. The maximum atomic E-state index is 13.9. The Labute approximate surface area is 215 Å². The molecule has 0 aliphatic carbocycles. The molecule has 0 saturated carbocycles. The summed E-state index contributed by atoms with van der Waals surface area (Å²) < 4.78 is 27.5. The van der Waals surface area contributed by atoms with Gasteiger partial charge in [-0.3, -0.25) is 28.9 Å². The van der Waals surface area contributed by atoms with Gasteiger partial charge in [-0.15, -0.1) is 0 Å². The van der Waals surface area contributed by atoms with Gasteiger partial charge in [0, 0.05) is 25.7 Å². The summed E-state index contributed by atoms with van der Waals surface area (Å²) in [5.41, 5.74) is 0.298. The molecule has 1 saturated heterocycles. The maximum Gasteiger partial charge on any atom is 0.324 e. The number of nitrogens with zero attached hydrogens (tertiary/aromatic N) is 3. The number of hydrogen-bond donors (Lipinski definition) is 2. The van der Waals surface area contributed by atoms with Crippen molar-refractivity contribution in [2.45, 2.75) is 76.5 Å². The van der Waals surface area contributed by atoms with Gasteiger partial charge in [0.2, 0.25) is 11.8 Å². The third-order valence-corrected chi connectivity index (χ3v) is 7.18. The first kappa shape index (κ1) is 28.0. The molecule has 0 unspecified atom stereocenters. The Balaban J connectivity index is 1.86. The number of rotatable bonds is 8. The number of carbonyl (C=O) groups is 4. The van der Waals surface area contributed by atoms with E-state index in [0.29, 0.717) is 5.69 Å². The minimum atomic E-state index is -3.62. The highest BCUT2D eigenvalue weighted by Crippen LogP contribution is 2.47. The number of alkyl halides is 2. The highest BCUT2D eigenvalue weighted by molar-refractivity contribution is 6.07. The Morgan fingerprint density at radius 2 is 1.95 bits per heavy atom. The lowest BCUT2D eigenvalue weighted by Gasteiger charge is -2.33. The van der Waals surface area contributed by atoms with Gasteiger partial charge in [-0.1, -0.05) is 39.0 Å². The van der Waals surface area contributed by atoms with Crippen molar-refractivity contribution in [2.24, 2.45) is 5.92 Å². The van der Waals surface area contributed by atoms with Crippen LogP contribution in [0.4, 0.5) is 14.5 Å². The summed E-state index contributed by atoms with van der Waals surface area (Å²) in [6.45, 7) is 13.9. The van der Waals surface area contributed by atoms with Crippen LogP contribution in [-0.2, 0) is 24.6 Å². The van der Waals surface area contributed by atoms with Crippen molar-refractivity contribution >= 4 is 29.3 Å². The average molecular weight is 518 g/mol. The summed E-state index contributed by atoms with van der Waals surface area (Å²) >= 11 is 0. The van der Waals surface area contributed by atoms with E-state index < -0.39 is 53.7 Å². The summed E-state index contributed by atoms with van der Waals surface area (Å²) in [5, 5.41) is 4.88. The van der Waals surface area contributed by atoms with Crippen LogP contribution in [0, 0.1) is 12.5 Å². The number of likely N-dealkylation sites (N-methyl/N-ethyl adjacent to an activating group) is 1. The highest BCUT2D eigenvalue weighted by Gasteiger charge is 2.59. The Hall–Kier alpha value is -3.55. The van der Waals surface area contributed by atoms with Crippen molar-refractivity contribution in [2.75, 3.05) is 18.9 Å². The number of fused-ring (bicyclic) bond motifs is 2. The van der Waals surface area contributed by atoms with E-state index in [1.807, 2.05) is 19.2 Å². The summed E-state index contributed by atoms with van der Waals surface area (Å²) in [5.74, 6) is -6.71. The Bertz CT molecular complexity index is 1130. The predicted molar refractivity (Wildman–Crippen MR) is 132 cm³/mol. The van der Waals surface area contributed by atoms with Crippen LogP contribution in [0.15, 0.2) is 24.3 Å². The van der Waals surface area contributed by atoms with Crippen LogP contribution >= 0.6 is 0 Å². The third kappa shape index (κ3) is 5.15. The van der Waals surface area contributed by atoms with E-state index in [9.17, 15) is 28.0 Å². The standard InChI is InChI=1S/C26H33F2N5O4/c1-7-26(27,28)24(37)30-16(4)21(34)32(6)19(12-15(2)3)22(35)33-14-25(13-20(33)29-5)17-10-8-9-11-18(17)31-23(25)36/h8-11,15-16,19-20H,7,12-14H2,1-4,6H3,(H,30,37)(H,31,36)/t16-,19-,20-,25-/m0/s1.